The van der Waals surface area contributed by atoms with Crippen LogP contribution < -0.4 is 5.32 Å². The van der Waals surface area contributed by atoms with E-state index < -0.39 is 0 Å². The Hall–Kier alpha value is -0.890. The van der Waals surface area contributed by atoms with E-state index in [1.165, 1.54) is 18.4 Å². The van der Waals surface area contributed by atoms with Crippen LogP contribution in [0.1, 0.15) is 51.6 Å². The lowest BCUT2D eigenvalue weighted by molar-refractivity contribution is 0.455. The molecule has 0 spiro atoms. The van der Waals surface area contributed by atoms with Crippen LogP contribution in [-0.2, 0) is 0 Å². The van der Waals surface area contributed by atoms with Crippen LogP contribution in [0.4, 0.5) is 4.39 Å². The van der Waals surface area contributed by atoms with E-state index in [0.717, 1.165) is 18.9 Å². The highest BCUT2D eigenvalue weighted by molar-refractivity contribution is 5.19. The zero-order valence-electron chi connectivity index (χ0n) is 11.2. The van der Waals surface area contributed by atoms with Crippen LogP contribution in [0.3, 0.4) is 0 Å². The maximum absolute atomic E-state index is 12.9. The molecule has 0 saturated carbocycles. The van der Waals surface area contributed by atoms with Crippen molar-refractivity contribution in [1.82, 2.24) is 5.32 Å². The Kier molecular flexibility index (Phi) is 6.20. The van der Waals surface area contributed by atoms with E-state index in [9.17, 15) is 4.39 Å². The molecule has 1 aromatic carbocycles. The van der Waals surface area contributed by atoms with Crippen LogP contribution >= 0.6 is 0 Å². The van der Waals surface area contributed by atoms with E-state index >= 15 is 0 Å². The maximum Gasteiger partial charge on any atom is 0.123 e. The van der Waals surface area contributed by atoms with Gasteiger partial charge in [0, 0.05) is 6.04 Å². The van der Waals surface area contributed by atoms with Gasteiger partial charge in [-0.3, -0.25) is 0 Å². The number of rotatable bonds is 7. The van der Waals surface area contributed by atoms with Crippen LogP contribution in [0.15, 0.2) is 24.3 Å². The van der Waals surface area contributed by atoms with Gasteiger partial charge in [-0.25, -0.2) is 4.39 Å². The molecule has 0 aliphatic heterocycles. The Bertz CT molecular complexity index is 305. The second-order valence-corrected chi connectivity index (χ2v) is 4.99. The standard InChI is InChI=1S/C15H24FN/c1-4-17-15(7-5-6-12(2)3)13-8-10-14(16)11-9-13/h8-12,15,17H,4-7H2,1-3H3. The molecule has 0 radical (unpaired) electrons. The van der Waals surface area contributed by atoms with Gasteiger partial charge >= 0.3 is 0 Å². The van der Waals surface area contributed by atoms with Crippen LogP contribution in [0.5, 0.6) is 0 Å². The first-order valence-electron chi connectivity index (χ1n) is 6.62. The lowest BCUT2D eigenvalue weighted by atomic mass is 9.98. The van der Waals surface area contributed by atoms with E-state index in [1.54, 1.807) is 12.1 Å². The topological polar surface area (TPSA) is 12.0 Å². The summed E-state index contributed by atoms with van der Waals surface area (Å²) < 4.78 is 12.9. The number of hydrogen-bond donors (Lipinski definition) is 1. The van der Waals surface area contributed by atoms with Gasteiger partial charge in [0.15, 0.2) is 0 Å². The normalized spacial score (nSPS) is 13.0. The van der Waals surface area contributed by atoms with Gasteiger partial charge in [-0.05, 0) is 36.6 Å². The van der Waals surface area contributed by atoms with Crippen LogP contribution in [-0.4, -0.2) is 6.54 Å². The highest BCUT2D eigenvalue weighted by atomic mass is 19.1. The van der Waals surface area contributed by atoms with Gasteiger partial charge in [0.05, 0.1) is 0 Å². The molecular formula is C15H24FN. The summed E-state index contributed by atoms with van der Waals surface area (Å²) in [6, 6.07) is 7.22. The average Bonchev–Trinajstić information content (AvgIpc) is 2.29. The Morgan fingerprint density at radius 3 is 2.29 bits per heavy atom. The molecule has 1 nitrogen and oxygen atoms in total. The molecule has 0 aliphatic rings. The van der Waals surface area contributed by atoms with E-state index in [4.69, 9.17) is 0 Å². The van der Waals surface area contributed by atoms with E-state index in [0.29, 0.717) is 6.04 Å². The number of halogens is 1. The quantitative estimate of drug-likeness (QED) is 0.745. The number of nitrogens with one attached hydrogen (secondary N) is 1. The molecule has 0 aromatic heterocycles. The van der Waals surface area contributed by atoms with Crippen molar-refractivity contribution < 1.29 is 4.39 Å². The smallest absolute Gasteiger partial charge is 0.123 e. The lowest BCUT2D eigenvalue weighted by Gasteiger charge is -2.18. The summed E-state index contributed by atoms with van der Waals surface area (Å²) in [6.07, 6.45) is 3.59. The van der Waals surface area contributed by atoms with Crippen molar-refractivity contribution in [3.8, 4) is 0 Å². The molecule has 96 valence electrons. The highest BCUT2D eigenvalue weighted by Crippen LogP contribution is 2.21. The van der Waals surface area contributed by atoms with Crippen LogP contribution in [0.2, 0.25) is 0 Å². The summed E-state index contributed by atoms with van der Waals surface area (Å²) in [5, 5.41) is 3.47. The molecule has 17 heavy (non-hydrogen) atoms. The summed E-state index contributed by atoms with van der Waals surface area (Å²) in [6.45, 7) is 7.56. The molecular weight excluding hydrogens is 213 g/mol. The molecule has 0 heterocycles. The van der Waals surface area contributed by atoms with Gasteiger partial charge in [-0.15, -0.1) is 0 Å². The molecule has 0 fully saturated rings. The van der Waals surface area contributed by atoms with Crippen molar-refractivity contribution in [3.05, 3.63) is 35.6 Å². The van der Waals surface area contributed by atoms with E-state index in [1.807, 2.05) is 12.1 Å². The fourth-order valence-corrected chi connectivity index (χ4v) is 2.06. The van der Waals surface area contributed by atoms with Gasteiger partial charge in [0.1, 0.15) is 5.82 Å². The van der Waals surface area contributed by atoms with E-state index in [2.05, 4.69) is 26.1 Å². The predicted molar refractivity (Wildman–Crippen MR) is 71.5 cm³/mol. The monoisotopic (exact) mass is 237 g/mol. The van der Waals surface area contributed by atoms with Crippen molar-refractivity contribution >= 4 is 0 Å². The van der Waals surface area contributed by atoms with E-state index in [-0.39, 0.29) is 5.82 Å². The first-order chi connectivity index (χ1) is 8.13. The summed E-state index contributed by atoms with van der Waals surface area (Å²) in [5.74, 6) is 0.594. The molecule has 0 amide bonds. The van der Waals surface area contributed by atoms with Crippen LogP contribution in [0.25, 0.3) is 0 Å². The Morgan fingerprint density at radius 1 is 1.12 bits per heavy atom. The summed E-state index contributed by atoms with van der Waals surface area (Å²) in [5.41, 5.74) is 1.19. The summed E-state index contributed by atoms with van der Waals surface area (Å²) in [7, 11) is 0. The zero-order valence-corrected chi connectivity index (χ0v) is 11.2. The van der Waals surface area contributed by atoms with Gasteiger partial charge in [0.2, 0.25) is 0 Å². The third-order valence-corrected chi connectivity index (χ3v) is 3.00. The van der Waals surface area contributed by atoms with Crippen molar-refractivity contribution in [2.75, 3.05) is 6.54 Å². The highest BCUT2D eigenvalue weighted by Gasteiger charge is 2.10. The maximum atomic E-state index is 12.9. The molecule has 1 N–H and O–H groups in total. The minimum absolute atomic E-state index is 0.161. The van der Waals surface area contributed by atoms with Crippen molar-refractivity contribution in [2.24, 2.45) is 5.92 Å². The number of benzene rings is 1. The number of hydrogen-bond acceptors (Lipinski definition) is 1. The molecule has 1 unspecified atom stereocenters. The first-order valence-corrected chi connectivity index (χ1v) is 6.62. The third-order valence-electron chi connectivity index (χ3n) is 3.00. The first kappa shape index (κ1) is 14.2. The zero-order chi connectivity index (χ0) is 12.7. The molecule has 0 saturated heterocycles. The fourth-order valence-electron chi connectivity index (χ4n) is 2.06. The van der Waals surface area contributed by atoms with Crippen molar-refractivity contribution in [1.29, 1.82) is 0 Å². The third kappa shape index (κ3) is 5.31. The Labute approximate surface area is 104 Å². The van der Waals surface area contributed by atoms with Crippen molar-refractivity contribution in [3.63, 3.8) is 0 Å². The molecule has 1 rings (SSSR count). The average molecular weight is 237 g/mol. The lowest BCUT2D eigenvalue weighted by Crippen LogP contribution is -2.21. The molecule has 2 heteroatoms. The minimum Gasteiger partial charge on any atom is -0.310 e. The van der Waals surface area contributed by atoms with Crippen molar-refractivity contribution in [2.45, 2.75) is 46.1 Å². The van der Waals surface area contributed by atoms with Gasteiger partial charge in [-0.1, -0.05) is 45.7 Å². The predicted octanol–water partition coefficient (Wildman–Crippen LogP) is 4.30. The summed E-state index contributed by atoms with van der Waals surface area (Å²) >= 11 is 0. The largest absolute Gasteiger partial charge is 0.310 e. The second kappa shape index (κ2) is 7.44. The SMILES string of the molecule is CCNC(CCCC(C)C)c1ccc(F)cc1. The minimum atomic E-state index is -0.161. The Morgan fingerprint density at radius 2 is 1.76 bits per heavy atom. The summed E-state index contributed by atoms with van der Waals surface area (Å²) in [4.78, 5) is 0. The fraction of sp³-hybridized carbons (Fsp3) is 0.600. The van der Waals surface area contributed by atoms with Gasteiger partial charge in [-0.2, -0.15) is 0 Å². The molecule has 1 aromatic rings. The molecule has 0 bridgehead atoms. The van der Waals surface area contributed by atoms with Gasteiger partial charge < -0.3 is 5.32 Å². The van der Waals surface area contributed by atoms with Gasteiger partial charge in [0.25, 0.3) is 0 Å². The molecule has 0 aliphatic carbocycles. The van der Waals surface area contributed by atoms with Crippen LogP contribution in [0, 0.1) is 11.7 Å². The second-order valence-electron chi connectivity index (χ2n) is 4.99. The molecule has 1 atom stereocenters. The Balaban J connectivity index is 2.55.